The molecular weight excluding hydrogens is 258 g/mol. The van der Waals surface area contributed by atoms with Crippen LogP contribution in [-0.4, -0.2) is 10.0 Å². The number of nitro groups is 1. The lowest BCUT2D eigenvalue weighted by Gasteiger charge is -2.13. The normalized spacial score (nSPS) is 11.9. The number of aliphatic hydroxyl groups excluding tert-OH is 1. The van der Waals surface area contributed by atoms with Gasteiger partial charge in [-0.25, -0.2) is 0 Å². The predicted octanol–water partition coefficient (Wildman–Crippen LogP) is 3.23. The quantitative estimate of drug-likeness (QED) is 0.670. The van der Waals surface area contributed by atoms with Gasteiger partial charge in [-0.3, -0.25) is 10.1 Å². The van der Waals surface area contributed by atoms with Crippen molar-refractivity contribution in [3.05, 3.63) is 69.8 Å². The van der Waals surface area contributed by atoms with Crippen molar-refractivity contribution < 1.29 is 14.8 Å². The standard InChI is InChI=1S/C15H15NO4/c1-11(17)15-13(16(18)19)8-5-9-14(15)20-10-12-6-3-2-4-7-12/h2-9,11,17H,10H2,1H3. The van der Waals surface area contributed by atoms with Gasteiger partial charge in [0.15, 0.2) is 0 Å². The monoisotopic (exact) mass is 273 g/mol. The van der Waals surface area contributed by atoms with Gasteiger partial charge < -0.3 is 9.84 Å². The number of aliphatic hydroxyl groups is 1. The van der Waals surface area contributed by atoms with E-state index >= 15 is 0 Å². The highest BCUT2D eigenvalue weighted by molar-refractivity contribution is 5.50. The Kier molecular flexibility index (Phi) is 4.32. The van der Waals surface area contributed by atoms with Crippen LogP contribution >= 0.6 is 0 Å². The molecule has 0 radical (unpaired) electrons. The highest BCUT2D eigenvalue weighted by Crippen LogP contribution is 2.34. The summed E-state index contributed by atoms with van der Waals surface area (Å²) < 4.78 is 5.61. The summed E-state index contributed by atoms with van der Waals surface area (Å²) in [7, 11) is 0. The molecule has 5 heteroatoms. The van der Waals surface area contributed by atoms with Gasteiger partial charge in [0.05, 0.1) is 16.6 Å². The van der Waals surface area contributed by atoms with E-state index in [0.717, 1.165) is 5.56 Å². The van der Waals surface area contributed by atoms with Crippen LogP contribution in [0.5, 0.6) is 5.75 Å². The number of rotatable bonds is 5. The lowest BCUT2D eigenvalue weighted by atomic mass is 10.1. The molecule has 1 atom stereocenters. The lowest BCUT2D eigenvalue weighted by Crippen LogP contribution is -2.04. The molecule has 0 fully saturated rings. The summed E-state index contributed by atoms with van der Waals surface area (Å²) in [6, 6.07) is 14.0. The number of nitro benzene ring substituents is 1. The third kappa shape index (κ3) is 3.13. The van der Waals surface area contributed by atoms with Crippen LogP contribution < -0.4 is 4.74 Å². The molecule has 5 nitrogen and oxygen atoms in total. The van der Waals surface area contributed by atoms with Gasteiger partial charge in [0, 0.05) is 6.07 Å². The molecule has 2 rings (SSSR count). The van der Waals surface area contributed by atoms with Crippen molar-refractivity contribution in [1.82, 2.24) is 0 Å². The van der Waals surface area contributed by atoms with Crippen molar-refractivity contribution in [3.63, 3.8) is 0 Å². The van der Waals surface area contributed by atoms with Crippen LogP contribution in [0, 0.1) is 10.1 Å². The van der Waals surface area contributed by atoms with Crippen LogP contribution in [0.25, 0.3) is 0 Å². The van der Waals surface area contributed by atoms with E-state index in [1.807, 2.05) is 30.3 Å². The minimum Gasteiger partial charge on any atom is -0.488 e. The van der Waals surface area contributed by atoms with Crippen molar-refractivity contribution in [2.24, 2.45) is 0 Å². The second-order valence-corrected chi connectivity index (χ2v) is 4.40. The number of ether oxygens (including phenoxy) is 1. The molecule has 0 heterocycles. The molecule has 0 aromatic heterocycles. The fourth-order valence-electron chi connectivity index (χ4n) is 1.97. The third-order valence-electron chi connectivity index (χ3n) is 2.89. The maximum Gasteiger partial charge on any atom is 0.278 e. The van der Waals surface area contributed by atoms with Crippen molar-refractivity contribution in [2.45, 2.75) is 19.6 Å². The largest absolute Gasteiger partial charge is 0.488 e. The van der Waals surface area contributed by atoms with Crippen molar-refractivity contribution >= 4 is 5.69 Å². The Morgan fingerprint density at radius 2 is 1.90 bits per heavy atom. The highest BCUT2D eigenvalue weighted by Gasteiger charge is 2.22. The van der Waals surface area contributed by atoms with E-state index in [2.05, 4.69) is 0 Å². The van der Waals surface area contributed by atoms with Crippen molar-refractivity contribution in [2.75, 3.05) is 0 Å². The fourth-order valence-corrected chi connectivity index (χ4v) is 1.97. The van der Waals surface area contributed by atoms with Gasteiger partial charge in [-0.15, -0.1) is 0 Å². The van der Waals surface area contributed by atoms with Gasteiger partial charge in [0.2, 0.25) is 0 Å². The molecule has 0 bridgehead atoms. The van der Waals surface area contributed by atoms with E-state index < -0.39 is 11.0 Å². The molecule has 2 aromatic rings. The zero-order chi connectivity index (χ0) is 14.5. The Morgan fingerprint density at radius 3 is 2.50 bits per heavy atom. The summed E-state index contributed by atoms with van der Waals surface area (Å²) >= 11 is 0. The SMILES string of the molecule is CC(O)c1c(OCc2ccccc2)cccc1[N+](=O)[O-]. The summed E-state index contributed by atoms with van der Waals surface area (Å²) in [4.78, 5) is 10.5. The van der Waals surface area contributed by atoms with Crippen LogP contribution in [0.4, 0.5) is 5.69 Å². The average Bonchev–Trinajstić information content (AvgIpc) is 2.45. The fraction of sp³-hybridized carbons (Fsp3) is 0.200. The number of benzene rings is 2. The first-order valence-corrected chi connectivity index (χ1v) is 6.21. The topological polar surface area (TPSA) is 72.6 Å². The number of hydrogen-bond donors (Lipinski definition) is 1. The average molecular weight is 273 g/mol. The molecule has 0 amide bonds. The molecule has 104 valence electrons. The zero-order valence-corrected chi connectivity index (χ0v) is 11.0. The van der Waals surface area contributed by atoms with Crippen molar-refractivity contribution in [3.8, 4) is 5.75 Å². The second-order valence-electron chi connectivity index (χ2n) is 4.40. The molecule has 0 spiro atoms. The minimum absolute atomic E-state index is 0.134. The molecular formula is C15H15NO4. The zero-order valence-electron chi connectivity index (χ0n) is 11.0. The van der Waals surface area contributed by atoms with E-state index in [-0.39, 0.29) is 11.3 Å². The van der Waals surface area contributed by atoms with Gasteiger partial charge in [0.1, 0.15) is 12.4 Å². The molecule has 1 unspecified atom stereocenters. The predicted molar refractivity (Wildman–Crippen MR) is 74.5 cm³/mol. The van der Waals surface area contributed by atoms with Gasteiger partial charge in [0.25, 0.3) is 5.69 Å². The molecule has 2 aromatic carbocycles. The van der Waals surface area contributed by atoms with E-state index in [0.29, 0.717) is 12.4 Å². The Balaban J connectivity index is 2.27. The van der Waals surface area contributed by atoms with Crippen LogP contribution in [0.15, 0.2) is 48.5 Å². The molecule has 0 aliphatic carbocycles. The van der Waals surface area contributed by atoms with Gasteiger partial charge in [-0.2, -0.15) is 0 Å². The summed E-state index contributed by atoms with van der Waals surface area (Å²) in [6.45, 7) is 1.78. The Morgan fingerprint density at radius 1 is 1.20 bits per heavy atom. The molecule has 0 aliphatic rings. The molecule has 20 heavy (non-hydrogen) atoms. The molecule has 0 aliphatic heterocycles. The Hall–Kier alpha value is -2.40. The van der Waals surface area contributed by atoms with Crippen LogP contribution in [0.1, 0.15) is 24.2 Å². The summed E-state index contributed by atoms with van der Waals surface area (Å²) in [5.41, 5.74) is 1.02. The molecule has 1 N–H and O–H groups in total. The maximum absolute atomic E-state index is 11.0. The van der Waals surface area contributed by atoms with Gasteiger partial charge in [-0.05, 0) is 18.6 Å². The van der Waals surface area contributed by atoms with Gasteiger partial charge in [-0.1, -0.05) is 36.4 Å². The van der Waals surface area contributed by atoms with Crippen molar-refractivity contribution in [1.29, 1.82) is 0 Å². The third-order valence-corrected chi connectivity index (χ3v) is 2.89. The summed E-state index contributed by atoms with van der Waals surface area (Å²) in [6.07, 6.45) is -0.970. The Bertz CT molecular complexity index is 596. The van der Waals surface area contributed by atoms with Crippen LogP contribution in [-0.2, 0) is 6.61 Å². The lowest BCUT2D eigenvalue weighted by molar-refractivity contribution is -0.386. The first-order chi connectivity index (χ1) is 9.59. The van der Waals surface area contributed by atoms with Gasteiger partial charge >= 0.3 is 0 Å². The minimum atomic E-state index is -0.970. The smallest absolute Gasteiger partial charge is 0.278 e. The summed E-state index contributed by atoms with van der Waals surface area (Å²) in [5, 5.41) is 20.7. The molecule has 0 saturated carbocycles. The van der Waals surface area contributed by atoms with E-state index in [9.17, 15) is 15.2 Å². The molecule has 0 saturated heterocycles. The maximum atomic E-state index is 11.0. The van der Waals surface area contributed by atoms with E-state index in [1.165, 1.54) is 13.0 Å². The first kappa shape index (κ1) is 14.0. The summed E-state index contributed by atoms with van der Waals surface area (Å²) in [5.74, 6) is 0.332. The van der Waals surface area contributed by atoms with Crippen LogP contribution in [0.2, 0.25) is 0 Å². The first-order valence-electron chi connectivity index (χ1n) is 6.21. The highest BCUT2D eigenvalue weighted by atomic mass is 16.6. The Labute approximate surface area is 116 Å². The number of nitrogens with zero attached hydrogens (tertiary/aromatic N) is 1. The van der Waals surface area contributed by atoms with E-state index in [4.69, 9.17) is 4.74 Å². The number of hydrogen-bond acceptors (Lipinski definition) is 4. The van der Waals surface area contributed by atoms with Crippen LogP contribution in [0.3, 0.4) is 0 Å². The van der Waals surface area contributed by atoms with E-state index in [1.54, 1.807) is 12.1 Å². The second kappa shape index (κ2) is 6.16.